The number of anilines is 1. The van der Waals surface area contributed by atoms with Gasteiger partial charge in [-0.25, -0.2) is 0 Å². The zero-order chi connectivity index (χ0) is 11.4. The predicted octanol–water partition coefficient (Wildman–Crippen LogP) is 3.31. The van der Waals surface area contributed by atoms with Crippen LogP contribution in [0.4, 0.5) is 5.69 Å². The molecular weight excluding hydrogens is 202 g/mol. The van der Waals surface area contributed by atoms with Crippen LogP contribution >= 0.6 is 12.6 Å². The lowest BCUT2D eigenvalue weighted by Gasteiger charge is -2.23. The molecule has 0 aliphatic heterocycles. The molecule has 84 valence electrons. The lowest BCUT2D eigenvalue weighted by Crippen LogP contribution is -2.24. The highest BCUT2D eigenvalue weighted by Crippen LogP contribution is 2.18. The van der Waals surface area contributed by atoms with E-state index in [0.29, 0.717) is 5.92 Å². The quantitative estimate of drug-likeness (QED) is 0.767. The van der Waals surface area contributed by atoms with Gasteiger partial charge in [0.2, 0.25) is 0 Å². The van der Waals surface area contributed by atoms with Crippen molar-refractivity contribution in [3.8, 4) is 0 Å². The first kappa shape index (κ1) is 12.4. The third-order valence-corrected chi connectivity index (χ3v) is 3.17. The topological polar surface area (TPSA) is 3.24 Å². The molecule has 1 nitrogen and oxygen atoms in total. The molecule has 1 aromatic carbocycles. The Morgan fingerprint density at radius 2 is 1.73 bits per heavy atom. The highest BCUT2D eigenvalue weighted by molar-refractivity contribution is 7.80. The Balaban J connectivity index is 2.77. The van der Waals surface area contributed by atoms with E-state index in [2.05, 4.69) is 63.5 Å². The maximum atomic E-state index is 4.32. The molecule has 0 aliphatic carbocycles. The molecule has 0 radical (unpaired) electrons. The van der Waals surface area contributed by atoms with Gasteiger partial charge < -0.3 is 4.90 Å². The van der Waals surface area contributed by atoms with Crippen LogP contribution in [0, 0.1) is 19.8 Å². The summed E-state index contributed by atoms with van der Waals surface area (Å²) in [6, 6.07) is 6.68. The summed E-state index contributed by atoms with van der Waals surface area (Å²) in [5.41, 5.74) is 3.96. The van der Waals surface area contributed by atoms with Crippen LogP contribution in [-0.4, -0.2) is 19.3 Å². The third-order valence-electron chi connectivity index (χ3n) is 2.54. The highest BCUT2D eigenvalue weighted by Gasteiger charge is 2.06. The van der Waals surface area contributed by atoms with Gasteiger partial charge in [-0.15, -0.1) is 0 Å². The zero-order valence-electron chi connectivity index (χ0n) is 10.1. The number of thiol groups is 1. The molecule has 1 rings (SSSR count). The summed E-state index contributed by atoms with van der Waals surface area (Å²) in [4.78, 5) is 2.31. The van der Waals surface area contributed by atoms with Crippen LogP contribution in [0.1, 0.15) is 18.1 Å². The first-order valence-electron chi connectivity index (χ1n) is 5.43. The van der Waals surface area contributed by atoms with Crippen LogP contribution < -0.4 is 4.90 Å². The van der Waals surface area contributed by atoms with Crippen molar-refractivity contribution in [3.05, 3.63) is 29.3 Å². The molecule has 2 heteroatoms. The van der Waals surface area contributed by atoms with Crippen molar-refractivity contribution >= 4 is 18.3 Å². The van der Waals surface area contributed by atoms with Gasteiger partial charge in [0.1, 0.15) is 0 Å². The third kappa shape index (κ3) is 3.78. The fourth-order valence-corrected chi connectivity index (χ4v) is 1.92. The SMILES string of the molecule is Cc1cc(C)cc(N(C)CC(C)CS)c1. The van der Waals surface area contributed by atoms with E-state index in [0.717, 1.165) is 12.3 Å². The molecule has 1 aromatic rings. The summed E-state index contributed by atoms with van der Waals surface area (Å²) in [6.07, 6.45) is 0. The Bertz CT molecular complexity index is 302. The Morgan fingerprint density at radius 3 is 2.20 bits per heavy atom. The standard InChI is InChI=1S/C13H21NS/c1-10-5-11(2)7-13(6-10)14(4)8-12(3)9-15/h5-7,12,15H,8-9H2,1-4H3. The van der Waals surface area contributed by atoms with Gasteiger partial charge in [0.25, 0.3) is 0 Å². The number of benzene rings is 1. The smallest absolute Gasteiger partial charge is 0.0369 e. The van der Waals surface area contributed by atoms with Crippen LogP contribution in [0.25, 0.3) is 0 Å². The number of hydrogen-bond acceptors (Lipinski definition) is 2. The molecule has 0 fully saturated rings. The first-order chi connectivity index (χ1) is 7.02. The monoisotopic (exact) mass is 223 g/mol. The minimum Gasteiger partial charge on any atom is -0.374 e. The fourth-order valence-electron chi connectivity index (χ4n) is 1.80. The van der Waals surface area contributed by atoms with Crippen molar-refractivity contribution < 1.29 is 0 Å². The minimum absolute atomic E-state index is 0.624. The van der Waals surface area contributed by atoms with E-state index in [1.807, 2.05) is 0 Å². The average Bonchev–Trinajstić information content (AvgIpc) is 2.16. The summed E-state index contributed by atoms with van der Waals surface area (Å²) in [6.45, 7) is 7.58. The molecule has 1 atom stereocenters. The molecule has 15 heavy (non-hydrogen) atoms. The summed E-state index contributed by atoms with van der Waals surface area (Å²) in [5, 5.41) is 0. The number of rotatable bonds is 4. The van der Waals surface area contributed by atoms with Crippen molar-refractivity contribution in [2.24, 2.45) is 5.92 Å². The fraction of sp³-hybridized carbons (Fsp3) is 0.538. The van der Waals surface area contributed by atoms with Crippen molar-refractivity contribution in [1.29, 1.82) is 0 Å². The van der Waals surface area contributed by atoms with Gasteiger partial charge >= 0.3 is 0 Å². The lowest BCUT2D eigenvalue weighted by atomic mass is 10.1. The van der Waals surface area contributed by atoms with Crippen LogP contribution in [0.2, 0.25) is 0 Å². The Morgan fingerprint density at radius 1 is 1.20 bits per heavy atom. The number of hydrogen-bond donors (Lipinski definition) is 1. The van der Waals surface area contributed by atoms with Gasteiger partial charge in [0.05, 0.1) is 0 Å². The molecule has 1 unspecified atom stereocenters. The van der Waals surface area contributed by atoms with Gasteiger partial charge in [-0.05, 0) is 48.8 Å². The molecule has 0 aliphatic rings. The summed E-state index contributed by atoms with van der Waals surface area (Å²) in [7, 11) is 2.15. The van der Waals surface area contributed by atoms with Crippen LogP contribution in [0.5, 0.6) is 0 Å². The van der Waals surface area contributed by atoms with Gasteiger partial charge in [0.15, 0.2) is 0 Å². The van der Waals surface area contributed by atoms with Crippen LogP contribution in [0.15, 0.2) is 18.2 Å². The summed E-state index contributed by atoms with van der Waals surface area (Å²) in [5.74, 6) is 1.56. The van der Waals surface area contributed by atoms with E-state index in [9.17, 15) is 0 Å². The van der Waals surface area contributed by atoms with E-state index in [-0.39, 0.29) is 0 Å². The predicted molar refractivity (Wildman–Crippen MR) is 72.2 cm³/mol. The van der Waals surface area contributed by atoms with Crippen molar-refractivity contribution in [2.45, 2.75) is 20.8 Å². The molecule has 0 N–H and O–H groups in total. The summed E-state index contributed by atoms with van der Waals surface area (Å²) >= 11 is 4.32. The highest BCUT2D eigenvalue weighted by atomic mass is 32.1. The van der Waals surface area contributed by atoms with E-state index in [1.165, 1.54) is 16.8 Å². The maximum Gasteiger partial charge on any atom is 0.0369 e. The van der Waals surface area contributed by atoms with E-state index in [4.69, 9.17) is 0 Å². The number of nitrogens with zero attached hydrogens (tertiary/aromatic N) is 1. The zero-order valence-corrected chi connectivity index (χ0v) is 11.0. The molecule has 0 aromatic heterocycles. The molecule has 0 spiro atoms. The second-order valence-electron chi connectivity index (χ2n) is 4.51. The van der Waals surface area contributed by atoms with E-state index < -0.39 is 0 Å². The van der Waals surface area contributed by atoms with Crippen molar-refractivity contribution in [3.63, 3.8) is 0 Å². The van der Waals surface area contributed by atoms with Gasteiger partial charge in [-0.2, -0.15) is 12.6 Å². The van der Waals surface area contributed by atoms with Gasteiger partial charge in [-0.3, -0.25) is 0 Å². The number of aryl methyl sites for hydroxylation is 2. The van der Waals surface area contributed by atoms with Crippen LogP contribution in [0.3, 0.4) is 0 Å². The molecule has 0 saturated heterocycles. The summed E-state index contributed by atoms with van der Waals surface area (Å²) < 4.78 is 0. The normalized spacial score (nSPS) is 12.6. The molecule has 0 amide bonds. The van der Waals surface area contributed by atoms with Crippen molar-refractivity contribution in [2.75, 3.05) is 24.2 Å². The molecule has 0 bridgehead atoms. The second-order valence-corrected chi connectivity index (χ2v) is 4.88. The minimum atomic E-state index is 0.624. The maximum absolute atomic E-state index is 4.32. The van der Waals surface area contributed by atoms with E-state index >= 15 is 0 Å². The largest absolute Gasteiger partial charge is 0.374 e. The van der Waals surface area contributed by atoms with Gasteiger partial charge in [0, 0.05) is 19.3 Å². The Kier molecular flexibility index (Phi) is 4.52. The molecule has 0 heterocycles. The molecular formula is C13H21NS. The first-order valence-corrected chi connectivity index (χ1v) is 6.06. The van der Waals surface area contributed by atoms with Crippen molar-refractivity contribution in [1.82, 2.24) is 0 Å². The van der Waals surface area contributed by atoms with Crippen LogP contribution in [-0.2, 0) is 0 Å². The molecule has 0 saturated carbocycles. The average molecular weight is 223 g/mol. The Labute approximate surface area is 98.9 Å². The Hall–Kier alpha value is -0.630. The van der Waals surface area contributed by atoms with Gasteiger partial charge in [-0.1, -0.05) is 13.0 Å². The second kappa shape index (κ2) is 5.45. The lowest BCUT2D eigenvalue weighted by molar-refractivity contribution is 0.650. The van der Waals surface area contributed by atoms with E-state index in [1.54, 1.807) is 0 Å².